The smallest absolute Gasteiger partial charge is 0.260 e. The van der Waals surface area contributed by atoms with Crippen LogP contribution in [0.25, 0.3) is 11.4 Å². The predicted octanol–water partition coefficient (Wildman–Crippen LogP) is 1.69. The van der Waals surface area contributed by atoms with E-state index in [0.29, 0.717) is 18.8 Å². The van der Waals surface area contributed by atoms with Crippen molar-refractivity contribution in [2.45, 2.75) is 12.0 Å². The molecule has 1 aliphatic heterocycles. The highest BCUT2D eigenvalue weighted by Crippen LogP contribution is 2.31. The Kier molecular flexibility index (Phi) is 3.49. The zero-order valence-corrected chi connectivity index (χ0v) is 12.5. The predicted molar refractivity (Wildman–Crippen MR) is 75.4 cm³/mol. The van der Waals surface area contributed by atoms with Crippen LogP contribution in [-0.4, -0.2) is 35.4 Å². The van der Waals surface area contributed by atoms with E-state index in [-0.39, 0.29) is 5.89 Å². The Bertz CT molecular complexity index is 623. The maximum absolute atomic E-state index is 10.4. The first-order valence-electron chi connectivity index (χ1n) is 6.23. The molecule has 2 heterocycles. The molecule has 1 saturated heterocycles. The number of nitrogens with zero attached hydrogens (tertiary/aromatic N) is 2. The molecular formula is C13H14BrN3O3. The van der Waals surface area contributed by atoms with Gasteiger partial charge in [-0.25, -0.2) is 0 Å². The lowest BCUT2D eigenvalue weighted by Crippen LogP contribution is -2.28. The van der Waals surface area contributed by atoms with E-state index in [0.717, 1.165) is 22.3 Å². The Labute approximate surface area is 124 Å². The van der Waals surface area contributed by atoms with E-state index < -0.39 is 5.60 Å². The molecule has 2 aromatic rings. The van der Waals surface area contributed by atoms with Gasteiger partial charge in [0.1, 0.15) is 5.75 Å². The molecule has 0 bridgehead atoms. The third kappa shape index (κ3) is 2.32. The average Bonchev–Trinajstić information content (AvgIpc) is 3.08. The number of benzene rings is 1. The van der Waals surface area contributed by atoms with Gasteiger partial charge < -0.3 is 19.7 Å². The minimum Gasteiger partial charge on any atom is -0.496 e. The van der Waals surface area contributed by atoms with Crippen molar-refractivity contribution in [1.29, 1.82) is 0 Å². The van der Waals surface area contributed by atoms with Crippen molar-refractivity contribution in [1.82, 2.24) is 15.5 Å². The fourth-order valence-corrected chi connectivity index (χ4v) is 2.74. The third-order valence-electron chi connectivity index (χ3n) is 3.37. The van der Waals surface area contributed by atoms with Crippen molar-refractivity contribution in [3.05, 3.63) is 28.6 Å². The maximum atomic E-state index is 10.4. The number of rotatable bonds is 3. The Morgan fingerprint density at radius 2 is 2.35 bits per heavy atom. The molecule has 1 aromatic carbocycles. The quantitative estimate of drug-likeness (QED) is 0.885. The van der Waals surface area contributed by atoms with Gasteiger partial charge in [0.15, 0.2) is 5.60 Å². The van der Waals surface area contributed by atoms with Gasteiger partial charge in [-0.15, -0.1) is 0 Å². The number of hydrogen-bond acceptors (Lipinski definition) is 6. The summed E-state index contributed by atoms with van der Waals surface area (Å²) in [5.74, 6) is 1.43. The second kappa shape index (κ2) is 5.16. The SMILES string of the molecule is COc1ccc(-c2noc(C3(O)CCNC3)n2)cc1Br. The summed E-state index contributed by atoms with van der Waals surface area (Å²) in [4.78, 5) is 4.30. The van der Waals surface area contributed by atoms with Gasteiger partial charge in [0.05, 0.1) is 11.6 Å². The summed E-state index contributed by atoms with van der Waals surface area (Å²) >= 11 is 3.42. The molecule has 0 saturated carbocycles. The van der Waals surface area contributed by atoms with Gasteiger partial charge in [0.2, 0.25) is 5.82 Å². The van der Waals surface area contributed by atoms with Crippen molar-refractivity contribution in [2.24, 2.45) is 0 Å². The second-order valence-corrected chi connectivity index (χ2v) is 5.59. The van der Waals surface area contributed by atoms with E-state index >= 15 is 0 Å². The lowest BCUT2D eigenvalue weighted by molar-refractivity contribution is 0.0243. The van der Waals surface area contributed by atoms with Crippen molar-refractivity contribution in [3.8, 4) is 17.1 Å². The minimum atomic E-state index is -1.06. The molecule has 3 rings (SSSR count). The number of aromatic nitrogens is 2. The molecule has 0 radical (unpaired) electrons. The van der Waals surface area contributed by atoms with Crippen molar-refractivity contribution < 1.29 is 14.4 Å². The average molecular weight is 340 g/mol. The van der Waals surface area contributed by atoms with Gasteiger partial charge in [0.25, 0.3) is 5.89 Å². The molecule has 1 aliphatic rings. The Morgan fingerprint density at radius 3 is 3.00 bits per heavy atom. The lowest BCUT2D eigenvalue weighted by atomic mass is 10.0. The first-order chi connectivity index (χ1) is 9.62. The van der Waals surface area contributed by atoms with Crippen LogP contribution in [0.1, 0.15) is 12.3 Å². The number of nitrogens with one attached hydrogen (secondary N) is 1. The molecule has 0 spiro atoms. The van der Waals surface area contributed by atoms with E-state index in [1.165, 1.54) is 0 Å². The van der Waals surface area contributed by atoms with Gasteiger partial charge in [-0.1, -0.05) is 5.16 Å². The number of methoxy groups -OCH3 is 1. The monoisotopic (exact) mass is 339 g/mol. The molecule has 7 heteroatoms. The van der Waals surface area contributed by atoms with Crippen LogP contribution in [0.5, 0.6) is 5.75 Å². The summed E-state index contributed by atoms with van der Waals surface area (Å²) in [6, 6.07) is 5.51. The molecule has 6 nitrogen and oxygen atoms in total. The lowest BCUT2D eigenvalue weighted by Gasteiger charge is -2.14. The number of halogens is 1. The highest BCUT2D eigenvalue weighted by Gasteiger charge is 2.38. The standard InChI is InChI=1S/C13H14BrN3O3/c1-19-10-3-2-8(6-9(10)14)11-16-12(20-17-11)13(18)4-5-15-7-13/h2-3,6,15,18H,4-5,7H2,1H3. The van der Waals surface area contributed by atoms with Crippen molar-refractivity contribution in [3.63, 3.8) is 0 Å². The first kappa shape index (κ1) is 13.5. The van der Waals surface area contributed by atoms with Crippen molar-refractivity contribution >= 4 is 15.9 Å². The summed E-state index contributed by atoms with van der Waals surface area (Å²) in [6.07, 6.45) is 0.570. The van der Waals surface area contributed by atoms with Crippen LogP contribution in [-0.2, 0) is 5.60 Å². The maximum Gasteiger partial charge on any atom is 0.260 e. The normalized spacial score (nSPS) is 22.1. The zero-order chi connectivity index (χ0) is 14.2. The summed E-state index contributed by atoms with van der Waals surface area (Å²) in [7, 11) is 1.61. The Morgan fingerprint density at radius 1 is 1.50 bits per heavy atom. The van der Waals surface area contributed by atoms with Crippen LogP contribution >= 0.6 is 15.9 Å². The van der Waals surface area contributed by atoms with Gasteiger partial charge in [-0.05, 0) is 47.1 Å². The van der Waals surface area contributed by atoms with Crippen LogP contribution in [0, 0.1) is 0 Å². The van der Waals surface area contributed by atoms with Gasteiger partial charge >= 0.3 is 0 Å². The molecule has 0 amide bonds. The van der Waals surface area contributed by atoms with E-state index in [9.17, 15) is 5.11 Å². The molecule has 1 fully saturated rings. The largest absolute Gasteiger partial charge is 0.496 e. The van der Waals surface area contributed by atoms with Gasteiger partial charge in [-0.2, -0.15) is 4.98 Å². The first-order valence-corrected chi connectivity index (χ1v) is 7.03. The van der Waals surface area contributed by atoms with Crippen LogP contribution in [0.15, 0.2) is 27.2 Å². The fourth-order valence-electron chi connectivity index (χ4n) is 2.20. The molecule has 1 unspecified atom stereocenters. The summed E-state index contributed by atoms with van der Waals surface area (Å²) in [5.41, 5.74) is -0.267. The van der Waals surface area contributed by atoms with Gasteiger partial charge in [0, 0.05) is 12.1 Å². The molecule has 1 aromatic heterocycles. The zero-order valence-electron chi connectivity index (χ0n) is 10.9. The van der Waals surface area contributed by atoms with Crippen molar-refractivity contribution in [2.75, 3.05) is 20.2 Å². The van der Waals surface area contributed by atoms with Crippen LogP contribution in [0.4, 0.5) is 0 Å². The minimum absolute atomic E-state index is 0.254. The van der Waals surface area contributed by atoms with E-state index in [4.69, 9.17) is 9.26 Å². The highest BCUT2D eigenvalue weighted by atomic mass is 79.9. The molecule has 1 atom stereocenters. The van der Waals surface area contributed by atoms with E-state index in [1.54, 1.807) is 7.11 Å². The molecule has 2 N–H and O–H groups in total. The van der Waals surface area contributed by atoms with Gasteiger partial charge in [-0.3, -0.25) is 0 Å². The number of β-amino-alcohol motifs (C(OH)–C–C–N with tert-alkyl or cyclic N) is 1. The molecule has 106 valence electrons. The second-order valence-electron chi connectivity index (χ2n) is 4.73. The number of ether oxygens (including phenoxy) is 1. The topological polar surface area (TPSA) is 80.4 Å². The highest BCUT2D eigenvalue weighted by molar-refractivity contribution is 9.10. The number of hydrogen-bond donors (Lipinski definition) is 2. The van der Waals surface area contributed by atoms with E-state index in [2.05, 4.69) is 31.4 Å². The molecule has 0 aliphatic carbocycles. The van der Waals surface area contributed by atoms with Crippen LogP contribution in [0.2, 0.25) is 0 Å². The molecular weight excluding hydrogens is 326 g/mol. The Balaban J connectivity index is 1.92. The molecule has 20 heavy (non-hydrogen) atoms. The van der Waals surface area contributed by atoms with Crippen LogP contribution in [0.3, 0.4) is 0 Å². The van der Waals surface area contributed by atoms with Crippen LogP contribution < -0.4 is 10.1 Å². The summed E-state index contributed by atoms with van der Waals surface area (Å²) in [6.45, 7) is 1.17. The summed E-state index contributed by atoms with van der Waals surface area (Å²) < 4.78 is 11.2. The summed E-state index contributed by atoms with van der Waals surface area (Å²) in [5, 5.41) is 17.4. The number of aliphatic hydroxyl groups is 1. The van der Waals surface area contributed by atoms with E-state index in [1.807, 2.05) is 18.2 Å². The third-order valence-corrected chi connectivity index (χ3v) is 3.99. The fraction of sp³-hybridized carbons (Fsp3) is 0.385. The Hall–Kier alpha value is -1.44.